The Morgan fingerprint density at radius 2 is 1.78 bits per heavy atom. The van der Waals surface area contributed by atoms with Gasteiger partial charge in [-0.15, -0.1) is 0 Å². The van der Waals surface area contributed by atoms with Crippen LogP contribution in [0.5, 0.6) is 0 Å². The largest absolute Gasteiger partial charge is 0.458 e. The van der Waals surface area contributed by atoms with Crippen LogP contribution in [0.25, 0.3) is 0 Å². The van der Waals surface area contributed by atoms with Crippen LogP contribution in [-0.2, 0) is 28.5 Å². The van der Waals surface area contributed by atoms with E-state index in [-0.39, 0.29) is 42.2 Å². The average Bonchev–Trinajstić information content (AvgIpc) is 3.84. The molecule has 1 aromatic rings. The molecule has 4 fully saturated rings. The summed E-state index contributed by atoms with van der Waals surface area (Å²) in [4.78, 5) is 43.2. The Bertz CT molecular complexity index is 1510. The molecule has 0 bridgehead atoms. The monoisotopic (exact) mass is 756 g/mol. The predicted octanol–water partition coefficient (Wildman–Crippen LogP) is 4.19. The van der Waals surface area contributed by atoms with Crippen molar-refractivity contribution in [1.29, 1.82) is 0 Å². The van der Waals surface area contributed by atoms with Crippen LogP contribution in [0.4, 0.5) is 4.79 Å². The third-order valence-corrected chi connectivity index (χ3v) is 12.0. The number of amides is 1. The van der Waals surface area contributed by atoms with Crippen molar-refractivity contribution < 1.29 is 38.4 Å². The Morgan fingerprint density at radius 3 is 2.35 bits per heavy atom. The highest BCUT2D eigenvalue weighted by Gasteiger charge is 2.72. The van der Waals surface area contributed by atoms with Crippen LogP contribution < -0.4 is 11.7 Å². The summed E-state index contributed by atoms with van der Waals surface area (Å²) in [6, 6.07) is 9.50. The molecule has 7 unspecified atom stereocenters. The maximum absolute atomic E-state index is 13.1. The van der Waals surface area contributed by atoms with E-state index in [1.54, 1.807) is 18.9 Å². The summed E-state index contributed by atoms with van der Waals surface area (Å²) >= 11 is 0. The SMILES string of the molecule is CC1CC(N(C)C)CC(O)O1.CC[C@H]1OC(=O)C(C)C(=O)CC[C@](C)(OC)C[C@@H](C)/C(=C\CN(N)/C(=N\N)c2ccccc2)C(C)C2C3N2C(=O)O[C@@]31C. The zero-order valence-corrected chi connectivity index (χ0v) is 33.9. The maximum Gasteiger partial charge on any atom is 0.411 e. The number of carbonyl (C=O) groups is 3. The zero-order chi connectivity index (χ0) is 40.1. The number of ether oxygens (including phenoxy) is 4. The molecule has 0 saturated carbocycles. The number of methoxy groups -OCH3 is 1. The number of Topliss-reactive ketones (excluding diaryl/α,β-unsaturated/α-hetero) is 1. The van der Waals surface area contributed by atoms with Crippen LogP contribution in [-0.4, -0.2) is 119 Å². The number of hydrazine groups is 1. The van der Waals surface area contributed by atoms with E-state index in [0.29, 0.717) is 37.7 Å². The zero-order valence-electron chi connectivity index (χ0n) is 33.9. The van der Waals surface area contributed by atoms with E-state index in [1.807, 2.05) is 72.1 Å². The number of cyclic esters (lactones) is 1. The summed E-state index contributed by atoms with van der Waals surface area (Å²) in [5, 5.41) is 14.7. The molecule has 4 aliphatic rings. The van der Waals surface area contributed by atoms with Gasteiger partial charge in [0.25, 0.3) is 0 Å². The molecule has 302 valence electrons. The van der Waals surface area contributed by atoms with E-state index in [0.717, 1.165) is 24.0 Å². The molecule has 14 heteroatoms. The second kappa shape index (κ2) is 17.9. The number of hydrogen-bond donors (Lipinski definition) is 3. The molecular weight excluding hydrogens is 692 g/mol. The maximum atomic E-state index is 13.1. The van der Waals surface area contributed by atoms with E-state index in [4.69, 9.17) is 30.6 Å². The van der Waals surface area contributed by atoms with Gasteiger partial charge < -0.3 is 34.8 Å². The van der Waals surface area contributed by atoms with Gasteiger partial charge in [0.05, 0.1) is 30.3 Å². The van der Waals surface area contributed by atoms with Gasteiger partial charge in [0.1, 0.15) is 17.8 Å². The van der Waals surface area contributed by atoms with Crippen LogP contribution in [0.3, 0.4) is 0 Å². The van der Waals surface area contributed by atoms with Crippen LogP contribution in [0.2, 0.25) is 0 Å². The van der Waals surface area contributed by atoms with Gasteiger partial charge in [0.2, 0.25) is 0 Å². The molecule has 4 saturated heterocycles. The van der Waals surface area contributed by atoms with E-state index in [9.17, 15) is 19.5 Å². The molecule has 1 aromatic carbocycles. The van der Waals surface area contributed by atoms with E-state index < -0.39 is 41.6 Å². The van der Waals surface area contributed by atoms with E-state index in [2.05, 4.69) is 29.9 Å². The van der Waals surface area contributed by atoms with Crippen molar-refractivity contribution in [2.75, 3.05) is 27.7 Å². The normalized spacial score (nSPS) is 37.0. The van der Waals surface area contributed by atoms with Crippen molar-refractivity contribution in [3.8, 4) is 0 Å². The molecule has 11 atom stereocenters. The van der Waals surface area contributed by atoms with Gasteiger partial charge in [0.15, 0.2) is 17.7 Å². The van der Waals surface area contributed by atoms with Crippen molar-refractivity contribution in [2.24, 2.45) is 34.5 Å². The fraction of sp³-hybridized carbons (Fsp3) is 0.700. The fourth-order valence-electron chi connectivity index (χ4n) is 8.55. The van der Waals surface area contributed by atoms with Crippen molar-refractivity contribution in [3.05, 3.63) is 47.5 Å². The topological polar surface area (TPSA) is 182 Å². The van der Waals surface area contributed by atoms with Crippen LogP contribution in [0, 0.1) is 17.8 Å². The Hall–Kier alpha value is -3.56. The number of ketones is 1. The number of carbonyl (C=O) groups excluding carboxylic acids is 3. The first-order valence-corrected chi connectivity index (χ1v) is 19.3. The summed E-state index contributed by atoms with van der Waals surface area (Å²) in [7, 11) is 5.72. The quantitative estimate of drug-likeness (QED) is 0.0551. The number of rotatable bonds is 6. The smallest absolute Gasteiger partial charge is 0.411 e. The molecule has 1 amide bonds. The van der Waals surface area contributed by atoms with Gasteiger partial charge in [-0.2, -0.15) is 5.10 Å². The van der Waals surface area contributed by atoms with Crippen molar-refractivity contribution >= 4 is 23.7 Å². The molecule has 0 aliphatic carbocycles. The van der Waals surface area contributed by atoms with Gasteiger partial charge in [-0.05, 0) is 73.4 Å². The lowest BCUT2D eigenvalue weighted by Crippen LogP contribution is -2.49. The molecule has 5 rings (SSSR count). The Morgan fingerprint density at radius 1 is 1.11 bits per heavy atom. The summed E-state index contributed by atoms with van der Waals surface area (Å²) < 4.78 is 22.9. The minimum Gasteiger partial charge on any atom is -0.458 e. The molecule has 5 N–H and O–H groups in total. The number of aliphatic hydroxyl groups is 1. The van der Waals surface area contributed by atoms with Crippen molar-refractivity contribution in [1.82, 2.24) is 14.8 Å². The second-order valence-electron chi connectivity index (χ2n) is 16.1. The van der Waals surface area contributed by atoms with E-state index >= 15 is 0 Å². The third kappa shape index (κ3) is 9.62. The number of esters is 1. The molecule has 14 nitrogen and oxygen atoms in total. The Balaban J connectivity index is 0.000000506. The average molecular weight is 757 g/mol. The first-order chi connectivity index (χ1) is 25.4. The summed E-state index contributed by atoms with van der Waals surface area (Å²) in [6.07, 6.45) is 4.01. The Labute approximate surface area is 321 Å². The number of fused-ring (bicyclic) bond motifs is 1. The van der Waals surface area contributed by atoms with Crippen LogP contribution in [0.15, 0.2) is 47.1 Å². The second-order valence-corrected chi connectivity index (χ2v) is 16.1. The van der Waals surface area contributed by atoms with Crippen LogP contribution in [0.1, 0.15) is 92.6 Å². The lowest BCUT2D eigenvalue weighted by atomic mass is 9.77. The molecule has 0 aromatic heterocycles. The Kier molecular flexibility index (Phi) is 14.3. The fourth-order valence-corrected chi connectivity index (χ4v) is 8.55. The van der Waals surface area contributed by atoms with Gasteiger partial charge >= 0.3 is 12.1 Å². The van der Waals surface area contributed by atoms with Gasteiger partial charge in [0, 0.05) is 37.5 Å². The number of nitrogens with two attached hydrogens (primary N) is 2. The number of benzene rings is 1. The molecule has 54 heavy (non-hydrogen) atoms. The standard InChI is InChI=1S/C32H47N5O6.C8H17NO2/c1-8-25-32(6)27-26(37(27)30(40)43-32)20(3)23(15-17-36(34)28(35-33)22-12-10-9-11-13-22)19(2)18-31(5,41-7)16-14-24(38)21(4)29(39)42-25;1-6-4-7(9(2)3)5-8(10)11-6/h9-13,15,19-21,25-27H,8,14,16-18,33-34H2,1-7H3;6-8,10H,4-5H2,1-3H3/b23-15+,35-28-;/t19-,20?,21?,25-,26?,27?,31+,32-,37?;/m1./s1. The lowest BCUT2D eigenvalue weighted by molar-refractivity contribution is -0.172. The molecule has 4 heterocycles. The highest BCUT2D eigenvalue weighted by atomic mass is 16.6. The predicted molar refractivity (Wildman–Crippen MR) is 206 cm³/mol. The highest BCUT2D eigenvalue weighted by Crippen LogP contribution is 2.54. The summed E-state index contributed by atoms with van der Waals surface area (Å²) in [6.45, 7) is 13.8. The van der Waals surface area contributed by atoms with Gasteiger partial charge in [-0.25, -0.2) is 10.6 Å². The third-order valence-electron chi connectivity index (χ3n) is 12.0. The van der Waals surface area contributed by atoms with Gasteiger partial charge in [-0.3, -0.25) is 19.5 Å². The van der Waals surface area contributed by atoms with Crippen molar-refractivity contribution in [2.45, 2.75) is 135 Å². The van der Waals surface area contributed by atoms with E-state index in [1.165, 1.54) is 5.01 Å². The molecule has 0 radical (unpaired) electrons. The lowest BCUT2D eigenvalue weighted by Gasteiger charge is -2.35. The van der Waals surface area contributed by atoms with Gasteiger partial charge in [-0.1, -0.05) is 62.8 Å². The number of hydrogen-bond acceptors (Lipinski definition) is 12. The highest BCUT2D eigenvalue weighted by molar-refractivity contribution is 5.99. The first kappa shape index (κ1) is 43.2. The minimum absolute atomic E-state index is 0.00523. The van der Waals surface area contributed by atoms with Crippen molar-refractivity contribution in [3.63, 3.8) is 0 Å². The molecular formula is C40H64N6O8. The molecule has 0 spiro atoms. The number of amidine groups is 1. The molecule has 4 aliphatic heterocycles. The minimum atomic E-state index is -1.05. The summed E-state index contributed by atoms with van der Waals surface area (Å²) in [5.41, 5.74) is 0.206. The number of aliphatic hydroxyl groups excluding tert-OH is 1. The first-order valence-electron chi connectivity index (χ1n) is 19.3. The van der Waals surface area contributed by atoms with Crippen LogP contribution >= 0.6 is 0 Å². The summed E-state index contributed by atoms with van der Waals surface area (Å²) in [5.74, 6) is 10.9. The number of nitrogens with zero attached hydrogens (tertiary/aromatic N) is 4. The number of hydrazone groups is 1.